The molecule has 1 aromatic rings. The number of amides is 2. The van der Waals surface area contributed by atoms with Crippen molar-refractivity contribution in [1.82, 2.24) is 10.2 Å². The van der Waals surface area contributed by atoms with Crippen molar-refractivity contribution in [1.29, 1.82) is 0 Å². The number of carbonyl (C=O) groups is 3. The summed E-state index contributed by atoms with van der Waals surface area (Å²) in [5.74, 6) is -0.395. The van der Waals surface area contributed by atoms with E-state index in [-0.39, 0.29) is 30.5 Å². The van der Waals surface area contributed by atoms with Crippen molar-refractivity contribution in [3.8, 4) is 5.75 Å². The minimum atomic E-state index is -0.880. The Balaban J connectivity index is 1.41. The Morgan fingerprint density at radius 3 is 2.41 bits per heavy atom. The Labute approximate surface area is 202 Å². The summed E-state index contributed by atoms with van der Waals surface area (Å²) in [5.41, 5.74) is 1.71. The fraction of sp³-hybridized carbons (Fsp3) is 0.593. The second-order valence-corrected chi connectivity index (χ2v) is 9.44. The van der Waals surface area contributed by atoms with E-state index in [1.807, 2.05) is 4.90 Å². The summed E-state index contributed by atoms with van der Waals surface area (Å²) in [6.07, 6.45) is 10.1. The predicted octanol–water partition coefficient (Wildman–Crippen LogP) is 4.41. The quantitative estimate of drug-likeness (QED) is 0.427. The smallest absolute Gasteiger partial charge is 0.338 e. The first-order chi connectivity index (χ1) is 16.3. The minimum absolute atomic E-state index is 0.0252. The molecule has 1 aliphatic heterocycles. The number of ether oxygens (including phenoxy) is 2. The number of hydrogen-bond acceptors (Lipinski definition) is 5. The molecule has 1 saturated heterocycles. The van der Waals surface area contributed by atoms with E-state index in [0.29, 0.717) is 17.9 Å². The van der Waals surface area contributed by atoms with E-state index < -0.39 is 12.1 Å². The number of rotatable bonds is 9. The fourth-order valence-corrected chi connectivity index (χ4v) is 4.72. The maximum absolute atomic E-state index is 12.6. The van der Waals surface area contributed by atoms with Crippen LogP contribution >= 0.6 is 0 Å². The molecule has 3 rings (SSSR count). The monoisotopic (exact) mass is 470 g/mol. The largest absolute Gasteiger partial charge is 0.484 e. The number of benzene rings is 1. The second kappa shape index (κ2) is 12.6. The van der Waals surface area contributed by atoms with Crippen LogP contribution in [0.15, 0.2) is 35.9 Å². The maximum Gasteiger partial charge on any atom is 0.338 e. The summed E-state index contributed by atoms with van der Waals surface area (Å²) in [6, 6.07) is 6.87. The molecular formula is C27H38N2O5. The van der Waals surface area contributed by atoms with Gasteiger partial charge in [-0.25, -0.2) is 4.79 Å². The number of hydrogen-bond donors (Lipinski definition) is 1. The molecule has 34 heavy (non-hydrogen) atoms. The molecule has 7 nitrogen and oxygen atoms in total. The van der Waals surface area contributed by atoms with Gasteiger partial charge in [0.05, 0.1) is 5.56 Å². The average Bonchev–Trinajstić information content (AvgIpc) is 2.83. The van der Waals surface area contributed by atoms with Crippen molar-refractivity contribution < 1.29 is 23.9 Å². The molecule has 0 radical (unpaired) electrons. The number of esters is 1. The number of likely N-dealkylation sites (tertiary alicyclic amines) is 1. The zero-order valence-corrected chi connectivity index (χ0v) is 20.7. The van der Waals surface area contributed by atoms with Crippen LogP contribution in [-0.2, 0) is 14.3 Å². The van der Waals surface area contributed by atoms with Crippen LogP contribution in [0.3, 0.4) is 0 Å². The lowest BCUT2D eigenvalue weighted by Crippen LogP contribution is -2.49. The van der Waals surface area contributed by atoms with Crippen LogP contribution in [0.4, 0.5) is 0 Å². The van der Waals surface area contributed by atoms with Crippen LogP contribution in [0.1, 0.15) is 82.5 Å². The lowest BCUT2D eigenvalue weighted by atomic mass is 9.97. The van der Waals surface area contributed by atoms with E-state index in [4.69, 9.17) is 9.47 Å². The molecule has 0 spiro atoms. The molecule has 1 aromatic carbocycles. The van der Waals surface area contributed by atoms with Gasteiger partial charge in [0.25, 0.3) is 11.8 Å². The molecule has 1 heterocycles. The maximum atomic E-state index is 12.6. The van der Waals surface area contributed by atoms with Crippen molar-refractivity contribution in [2.24, 2.45) is 0 Å². The standard InChI is InChI=1S/C27H38N2O5/c1-19-8-7-9-20(2)29(19)25(30)18-33-24-14-12-23(13-15-24)27(32)34-21(3)26(31)28-17-16-22-10-5-4-6-11-22/h10,12-15,19-21H,4-9,11,16-18H2,1-3H3,(H,28,31)/t19-,20+,21-/m1/s1. The van der Waals surface area contributed by atoms with Gasteiger partial charge in [0, 0.05) is 18.6 Å². The molecular weight excluding hydrogens is 432 g/mol. The Kier molecular flexibility index (Phi) is 9.54. The first kappa shape index (κ1) is 25.8. The Hall–Kier alpha value is -2.83. The average molecular weight is 471 g/mol. The van der Waals surface area contributed by atoms with Crippen LogP contribution in [0, 0.1) is 0 Å². The molecule has 1 N–H and O–H groups in total. The Morgan fingerprint density at radius 2 is 1.76 bits per heavy atom. The molecule has 0 unspecified atom stereocenters. The fourth-order valence-electron chi connectivity index (χ4n) is 4.72. The second-order valence-electron chi connectivity index (χ2n) is 9.44. The molecule has 1 aliphatic carbocycles. The molecule has 1 fully saturated rings. The van der Waals surface area contributed by atoms with Gasteiger partial charge in [0.15, 0.2) is 12.7 Å². The van der Waals surface area contributed by atoms with E-state index in [1.54, 1.807) is 31.2 Å². The highest BCUT2D eigenvalue weighted by molar-refractivity contribution is 5.92. The third-order valence-electron chi connectivity index (χ3n) is 6.72. The molecule has 0 saturated carbocycles. The van der Waals surface area contributed by atoms with E-state index >= 15 is 0 Å². The van der Waals surface area contributed by atoms with Gasteiger partial charge in [0.2, 0.25) is 0 Å². The third kappa shape index (κ3) is 7.34. The van der Waals surface area contributed by atoms with Crippen molar-refractivity contribution >= 4 is 17.8 Å². The van der Waals surface area contributed by atoms with Crippen LogP contribution in [0.25, 0.3) is 0 Å². The third-order valence-corrected chi connectivity index (χ3v) is 6.72. The topological polar surface area (TPSA) is 84.9 Å². The van der Waals surface area contributed by atoms with Gasteiger partial charge in [-0.05, 0) is 96.4 Å². The minimum Gasteiger partial charge on any atom is -0.484 e. The number of allylic oxidation sites excluding steroid dienone is 1. The normalized spacial score (nSPS) is 21.3. The van der Waals surface area contributed by atoms with Crippen molar-refractivity contribution in [2.45, 2.75) is 90.3 Å². The van der Waals surface area contributed by atoms with Crippen molar-refractivity contribution in [3.63, 3.8) is 0 Å². The summed E-state index contributed by atoms with van der Waals surface area (Å²) in [4.78, 5) is 39.2. The highest BCUT2D eigenvalue weighted by Crippen LogP contribution is 2.23. The molecule has 2 amide bonds. The van der Waals surface area contributed by atoms with Gasteiger partial charge in [-0.2, -0.15) is 0 Å². The zero-order chi connectivity index (χ0) is 24.5. The van der Waals surface area contributed by atoms with Gasteiger partial charge in [0.1, 0.15) is 5.75 Å². The zero-order valence-electron chi connectivity index (χ0n) is 20.7. The van der Waals surface area contributed by atoms with E-state index in [0.717, 1.165) is 38.5 Å². The lowest BCUT2D eigenvalue weighted by Gasteiger charge is -2.38. The van der Waals surface area contributed by atoms with Crippen LogP contribution < -0.4 is 10.1 Å². The van der Waals surface area contributed by atoms with Crippen molar-refractivity contribution in [2.75, 3.05) is 13.2 Å². The van der Waals surface area contributed by atoms with E-state index in [2.05, 4.69) is 25.2 Å². The highest BCUT2D eigenvalue weighted by atomic mass is 16.5. The van der Waals surface area contributed by atoms with E-state index in [9.17, 15) is 14.4 Å². The number of carbonyl (C=O) groups excluding carboxylic acids is 3. The summed E-state index contributed by atoms with van der Waals surface area (Å²) in [7, 11) is 0. The van der Waals surface area contributed by atoms with Gasteiger partial charge < -0.3 is 19.7 Å². The molecule has 186 valence electrons. The van der Waals surface area contributed by atoms with Gasteiger partial charge >= 0.3 is 5.97 Å². The lowest BCUT2D eigenvalue weighted by molar-refractivity contribution is -0.139. The van der Waals surface area contributed by atoms with Gasteiger partial charge in [-0.15, -0.1) is 0 Å². The molecule has 3 atom stereocenters. The highest BCUT2D eigenvalue weighted by Gasteiger charge is 2.29. The number of nitrogens with zero attached hydrogens (tertiary/aromatic N) is 1. The van der Waals surface area contributed by atoms with Gasteiger partial charge in [-0.3, -0.25) is 9.59 Å². The predicted molar refractivity (Wildman–Crippen MR) is 131 cm³/mol. The summed E-state index contributed by atoms with van der Waals surface area (Å²) in [6.45, 7) is 6.23. The van der Waals surface area contributed by atoms with Gasteiger partial charge in [-0.1, -0.05) is 11.6 Å². The molecule has 7 heteroatoms. The van der Waals surface area contributed by atoms with E-state index in [1.165, 1.54) is 18.4 Å². The van der Waals surface area contributed by atoms with Crippen LogP contribution in [0.2, 0.25) is 0 Å². The molecule has 0 aromatic heterocycles. The Morgan fingerprint density at radius 1 is 1.06 bits per heavy atom. The first-order valence-electron chi connectivity index (χ1n) is 12.6. The SMILES string of the molecule is C[C@@H]1CCC[C@H](C)N1C(=O)COc1ccc(C(=O)O[C@H](C)C(=O)NCCC2=CCCCC2)cc1. The summed E-state index contributed by atoms with van der Waals surface area (Å²) in [5, 5.41) is 2.84. The number of piperidine rings is 1. The summed E-state index contributed by atoms with van der Waals surface area (Å²) < 4.78 is 11.0. The molecule has 0 bridgehead atoms. The molecule has 2 aliphatic rings. The summed E-state index contributed by atoms with van der Waals surface area (Å²) >= 11 is 0. The van der Waals surface area contributed by atoms with Crippen molar-refractivity contribution in [3.05, 3.63) is 41.5 Å². The first-order valence-corrected chi connectivity index (χ1v) is 12.6. The van der Waals surface area contributed by atoms with Crippen LogP contribution in [0.5, 0.6) is 5.75 Å². The van der Waals surface area contributed by atoms with Crippen LogP contribution in [-0.4, -0.2) is 54.0 Å². The number of nitrogens with one attached hydrogen (secondary N) is 1. The Bertz CT molecular complexity index is 870.